The highest BCUT2D eigenvalue weighted by atomic mass is 16.3. The smallest absolute Gasteiger partial charge is 0.274 e. The van der Waals surface area contributed by atoms with Crippen LogP contribution in [0.4, 0.5) is 0 Å². The van der Waals surface area contributed by atoms with Gasteiger partial charge in [0, 0.05) is 31.6 Å². The normalized spacial score (nSPS) is 16.8. The molecule has 1 N–H and O–H groups in total. The van der Waals surface area contributed by atoms with Crippen LogP contribution in [0.5, 0.6) is 0 Å². The Bertz CT molecular complexity index is 627. The Labute approximate surface area is 117 Å². The molecule has 0 spiro atoms. The summed E-state index contributed by atoms with van der Waals surface area (Å²) in [6.45, 7) is 3.62. The first-order valence-corrected chi connectivity index (χ1v) is 7.04. The summed E-state index contributed by atoms with van der Waals surface area (Å²) in [5.41, 5.74) is 2.37. The first kappa shape index (κ1) is 13.1. The zero-order valence-corrected chi connectivity index (χ0v) is 11.6. The summed E-state index contributed by atoms with van der Waals surface area (Å²) in [6, 6.07) is 5.84. The molecule has 3 heterocycles. The van der Waals surface area contributed by atoms with Crippen LogP contribution in [0, 0.1) is 12.8 Å². The lowest BCUT2D eigenvalue weighted by Crippen LogP contribution is -2.39. The fourth-order valence-electron chi connectivity index (χ4n) is 2.73. The number of amides is 1. The van der Waals surface area contributed by atoms with Crippen molar-refractivity contribution in [2.24, 2.45) is 5.92 Å². The molecule has 2 aromatic heterocycles. The second-order valence-electron chi connectivity index (χ2n) is 5.44. The topological polar surface area (TPSA) is 57.8 Å². The van der Waals surface area contributed by atoms with Gasteiger partial charge in [-0.3, -0.25) is 4.79 Å². The number of rotatable bonds is 2. The predicted octanol–water partition coefficient (Wildman–Crippen LogP) is 1.49. The Morgan fingerprint density at radius 2 is 2.15 bits per heavy atom. The Morgan fingerprint density at radius 1 is 1.40 bits per heavy atom. The monoisotopic (exact) mass is 273 g/mol. The van der Waals surface area contributed by atoms with Gasteiger partial charge in [-0.1, -0.05) is 6.07 Å². The van der Waals surface area contributed by atoms with E-state index in [0.717, 1.165) is 24.2 Å². The van der Waals surface area contributed by atoms with Crippen molar-refractivity contribution in [2.75, 3.05) is 19.7 Å². The number of pyridine rings is 1. The molecular weight excluding hydrogens is 254 g/mol. The van der Waals surface area contributed by atoms with Crippen LogP contribution in [0.15, 0.2) is 24.4 Å². The summed E-state index contributed by atoms with van der Waals surface area (Å²) in [5, 5.41) is 9.14. The highest BCUT2D eigenvalue weighted by molar-refractivity contribution is 5.93. The standard InChI is InChI=1S/C15H19N3O2/c1-11-3-2-4-14-16-13(9-18(11)14)15(20)17-7-5-12(10-19)6-8-17/h2-4,9,12,19H,5-8,10H2,1H3. The molecule has 1 saturated heterocycles. The molecule has 0 unspecified atom stereocenters. The molecule has 106 valence electrons. The third-order valence-corrected chi connectivity index (χ3v) is 4.07. The molecule has 0 aromatic carbocycles. The number of hydrogen-bond donors (Lipinski definition) is 1. The number of imidazole rings is 1. The minimum atomic E-state index is -0.00973. The number of aryl methyl sites for hydroxylation is 1. The van der Waals surface area contributed by atoms with Crippen molar-refractivity contribution >= 4 is 11.6 Å². The maximum absolute atomic E-state index is 12.5. The van der Waals surface area contributed by atoms with Crippen LogP contribution in [0.2, 0.25) is 0 Å². The van der Waals surface area contributed by atoms with Gasteiger partial charge in [-0.2, -0.15) is 0 Å². The van der Waals surface area contributed by atoms with E-state index in [4.69, 9.17) is 5.11 Å². The van der Waals surface area contributed by atoms with Crippen LogP contribution < -0.4 is 0 Å². The Hall–Kier alpha value is -1.88. The number of aromatic nitrogens is 2. The number of fused-ring (bicyclic) bond motifs is 1. The van der Waals surface area contributed by atoms with E-state index in [9.17, 15) is 4.79 Å². The number of likely N-dealkylation sites (tertiary alicyclic amines) is 1. The zero-order chi connectivity index (χ0) is 14.1. The molecule has 2 aromatic rings. The summed E-state index contributed by atoms with van der Waals surface area (Å²) in [7, 11) is 0. The highest BCUT2D eigenvalue weighted by Crippen LogP contribution is 2.18. The largest absolute Gasteiger partial charge is 0.396 e. The molecular formula is C15H19N3O2. The van der Waals surface area contributed by atoms with Crippen molar-refractivity contribution in [3.63, 3.8) is 0 Å². The zero-order valence-electron chi connectivity index (χ0n) is 11.6. The van der Waals surface area contributed by atoms with Gasteiger partial charge in [0.1, 0.15) is 11.3 Å². The number of aliphatic hydroxyl groups excluding tert-OH is 1. The van der Waals surface area contributed by atoms with E-state index in [1.165, 1.54) is 0 Å². The summed E-state index contributed by atoms with van der Waals surface area (Å²) in [4.78, 5) is 18.7. The van der Waals surface area contributed by atoms with E-state index < -0.39 is 0 Å². The molecule has 0 bridgehead atoms. The van der Waals surface area contributed by atoms with E-state index in [-0.39, 0.29) is 12.5 Å². The van der Waals surface area contributed by atoms with Crippen LogP contribution in [0.1, 0.15) is 29.0 Å². The molecule has 5 heteroatoms. The van der Waals surface area contributed by atoms with Crippen molar-refractivity contribution < 1.29 is 9.90 Å². The summed E-state index contributed by atoms with van der Waals surface area (Å²) in [5.74, 6) is 0.326. The maximum Gasteiger partial charge on any atom is 0.274 e. The molecule has 1 aliphatic rings. The SMILES string of the molecule is Cc1cccc2nc(C(=O)N3CCC(CO)CC3)cn12. The number of aliphatic hydroxyl groups is 1. The minimum Gasteiger partial charge on any atom is -0.396 e. The number of piperidine rings is 1. The number of hydrogen-bond acceptors (Lipinski definition) is 3. The van der Waals surface area contributed by atoms with Gasteiger partial charge in [-0.15, -0.1) is 0 Å². The van der Waals surface area contributed by atoms with Gasteiger partial charge in [-0.25, -0.2) is 4.98 Å². The second-order valence-corrected chi connectivity index (χ2v) is 5.44. The lowest BCUT2D eigenvalue weighted by atomic mass is 9.98. The van der Waals surface area contributed by atoms with Gasteiger partial charge in [0.25, 0.3) is 5.91 Å². The number of carbonyl (C=O) groups is 1. The average Bonchev–Trinajstić information content (AvgIpc) is 2.92. The van der Waals surface area contributed by atoms with Crippen molar-refractivity contribution in [1.29, 1.82) is 0 Å². The number of carbonyl (C=O) groups excluding carboxylic acids is 1. The average molecular weight is 273 g/mol. The first-order chi connectivity index (χ1) is 9.69. The highest BCUT2D eigenvalue weighted by Gasteiger charge is 2.24. The molecule has 1 amide bonds. The Kier molecular flexibility index (Phi) is 3.44. The first-order valence-electron chi connectivity index (χ1n) is 7.04. The molecule has 0 radical (unpaired) electrons. The Morgan fingerprint density at radius 3 is 2.80 bits per heavy atom. The van der Waals surface area contributed by atoms with Gasteiger partial charge >= 0.3 is 0 Å². The lowest BCUT2D eigenvalue weighted by molar-refractivity contribution is 0.0646. The molecule has 0 aliphatic carbocycles. The van der Waals surface area contributed by atoms with Gasteiger partial charge in [0.05, 0.1) is 0 Å². The van der Waals surface area contributed by atoms with Gasteiger partial charge < -0.3 is 14.4 Å². The van der Waals surface area contributed by atoms with Crippen molar-refractivity contribution in [3.05, 3.63) is 35.8 Å². The van der Waals surface area contributed by atoms with Crippen LogP contribution in [-0.2, 0) is 0 Å². The molecule has 1 fully saturated rings. The quantitative estimate of drug-likeness (QED) is 0.902. The summed E-state index contributed by atoms with van der Waals surface area (Å²) >= 11 is 0. The van der Waals surface area contributed by atoms with Crippen LogP contribution in [-0.4, -0.2) is 45.0 Å². The molecule has 0 saturated carbocycles. The van der Waals surface area contributed by atoms with E-state index in [0.29, 0.717) is 24.7 Å². The van der Waals surface area contributed by atoms with Gasteiger partial charge in [-0.05, 0) is 37.8 Å². The van der Waals surface area contributed by atoms with E-state index in [1.54, 1.807) is 0 Å². The van der Waals surface area contributed by atoms with Gasteiger partial charge in [0.15, 0.2) is 0 Å². The third kappa shape index (κ3) is 2.29. The molecule has 0 atom stereocenters. The maximum atomic E-state index is 12.5. The minimum absolute atomic E-state index is 0.00973. The molecule has 5 nitrogen and oxygen atoms in total. The predicted molar refractivity (Wildman–Crippen MR) is 75.6 cm³/mol. The van der Waals surface area contributed by atoms with E-state index in [1.807, 2.05) is 40.6 Å². The van der Waals surface area contributed by atoms with Gasteiger partial charge in [0.2, 0.25) is 0 Å². The van der Waals surface area contributed by atoms with Crippen molar-refractivity contribution in [3.8, 4) is 0 Å². The number of nitrogens with zero attached hydrogens (tertiary/aromatic N) is 3. The van der Waals surface area contributed by atoms with Crippen LogP contribution in [0.25, 0.3) is 5.65 Å². The van der Waals surface area contributed by atoms with Crippen LogP contribution >= 0.6 is 0 Å². The summed E-state index contributed by atoms with van der Waals surface area (Å²) < 4.78 is 1.94. The van der Waals surface area contributed by atoms with Crippen molar-refractivity contribution in [1.82, 2.24) is 14.3 Å². The second kappa shape index (κ2) is 5.25. The fraction of sp³-hybridized carbons (Fsp3) is 0.467. The molecule has 1 aliphatic heterocycles. The van der Waals surface area contributed by atoms with E-state index >= 15 is 0 Å². The Balaban J connectivity index is 1.81. The molecule has 20 heavy (non-hydrogen) atoms. The van der Waals surface area contributed by atoms with E-state index in [2.05, 4.69) is 4.98 Å². The lowest BCUT2D eigenvalue weighted by Gasteiger charge is -2.30. The van der Waals surface area contributed by atoms with Crippen molar-refractivity contribution in [2.45, 2.75) is 19.8 Å². The van der Waals surface area contributed by atoms with Crippen LogP contribution in [0.3, 0.4) is 0 Å². The summed E-state index contributed by atoms with van der Waals surface area (Å²) in [6.07, 6.45) is 3.55. The molecule has 3 rings (SSSR count). The third-order valence-electron chi connectivity index (χ3n) is 4.07. The fourth-order valence-corrected chi connectivity index (χ4v) is 2.73.